The first-order valence-electron chi connectivity index (χ1n) is 9.22. The van der Waals surface area contributed by atoms with Crippen LogP contribution in [0.1, 0.15) is 24.3 Å². The standard InChI is InChI=1S/C20H17N3O5S/c24-17-8-9-20(13-5-2-1-3-6-13)23(17)14(12-29-20)19(25)27-11-16-21-22-18(28-16)15-7-4-10-26-15/h1-7,10,14H,8-9,11-12H2/t14-,20+/m1/s1. The molecule has 0 unspecified atom stereocenters. The van der Waals surface area contributed by atoms with Gasteiger partial charge >= 0.3 is 5.97 Å². The maximum absolute atomic E-state index is 12.8. The molecule has 0 N–H and O–H groups in total. The Morgan fingerprint density at radius 2 is 2.10 bits per heavy atom. The third kappa shape index (κ3) is 3.02. The normalized spacial score (nSPS) is 23.4. The van der Waals surface area contributed by atoms with Crippen LogP contribution in [0, 0.1) is 0 Å². The van der Waals surface area contributed by atoms with Crippen LogP contribution in [0.4, 0.5) is 0 Å². The number of rotatable bonds is 5. The summed E-state index contributed by atoms with van der Waals surface area (Å²) in [6.07, 6.45) is 2.60. The highest BCUT2D eigenvalue weighted by Crippen LogP contribution is 2.54. The molecule has 0 radical (unpaired) electrons. The van der Waals surface area contributed by atoms with Gasteiger partial charge in [-0.1, -0.05) is 30.3 Å². The number of nitrogens with zero attached hydrogens (tertiary/aromatic N) is 3. The summed E-state index contributed by atoms with van der Waals surface area (Å²) in [5.74, 6) is 0.813. The van der Waals surface area contributed by atoms with E-state index in [9.17, 15) is 9.59 Å². The van der Waals surface area contributed by atoms with E-state index in [0.717, 1.165) is 5.56 Å². The minimum Gasteiger partial charge on any atom is -0.459 e. The lowest BCUT2D eigenvalue weighted by molar-refractivity contribution is -0.155. The molecule has 2 saturated heterocycles. The van der Waals surface area contributed by atoms with Gasteiger partial charge in [0.15, 0.2) is 12.4 Å². The summed E-state index contributed by atoms with van der Waals surface area (Å²) in [5, 5.41) is 7.75. The van der Waals surface area contributed by atoms with Crippen molar-refractivity contribution in [2.75, 3.05) is 5.75 Å². The largest absolute Gasteiger partial charge is 0.459 e. The van der Waals surface area contributed by atoms with Crippen LogP contribution in [0.25, 0.3) is 11.7 Å². The molecule has 2 aliphatic heterocycles. The average molecular weight is 411 g/mol. The van der Waals surface area contributed by atoms with Gasteiger partial charge in [-0.15, -0.1) is 22.0 Å². The summed E-state index contributed by atoms with van der Waals surface area (Å²) in [6.45, 7) is -0.159. The highest BCUT2D eigenvalue weighted by molar-refractivity contribution is 8.00. The van der Waals surface area contributed by atoms with Gasteiger partial charge in [-0.05, 0) is 24.1 Å². The Kier molecular flexibility index (Phi) is 4.39. The third-order valence-corrected chi connectivity index (χ3v) is 6.76. The maximum atomic E-state index is 12.8. The fourth-order valence-electron chi connectivity index (χ4n) is 3.86. The minimum atomic E-state index is -0.636. The minimum absolute atomic E-state index is 0.0290. The van der Waals surface area contributed by atoms with Gasteiger partial charge in [0.25, 0.3) is 11.8 Å². The highest BCUT2D eigenvalue weighted by Gasteiger charge is 2.57. The maximum Gasteiger partial charge on any atom is 0.330 e. The van der Waals surface area contributed by atoms with Crippen molar-refractivity contribution in [3.8, 4) is 11.7 Å². The molecule has 9 heteroatoms. The zero-order valence-electron chi connectivity index (χ0n) is 15.3. The molecule has 0 saturated carbocycles. The number of benzene rings is 1. The molecule has 2 fully saturated rings. The number of furan rings is 1. The van der Waals surface area contributed by atoms with Crippen LogP contribution < -0.4 is 0 Å². The second kappa shape index (κ2) is 7.07. The first-order chi connectivity index (χ1) is 14.2. The summed E-state index contributed by atoms with van der Waals surface area (Å²) < 4.78 is 16.1. The molecule has 3 aromatic rings. The van der Waals surface area contributed by atoms with Gasteiger partial charge in [-0.3, -0.25) is 4.79 Å². The van der Waals surface area contributed by atoms with Gasteiger partial charge in [-0.2, -0.15) is 0 Å². The zero-order valence-corrected chi connectivity index (χ0v) is 16.1. The van der Waals surface area contributed by atoms with Crippen molar-refractivity contribution in [1.29, 1.82) is 0 Å². The summed E-state index contributed by atoms with van der Waals surface area (Å²) in [5.41, 5.74) is 1.03. The molecule has 8 nitrogen and oxygen atoms in total. The molecule has 4 heterocycles. The number of carbonyl (C=O) groups excluding carboxylic acids is 2. The Labute approximate surface area is 170 Å². The molecular weight excluding hydrogens is 394 g/mol. The van der Waals surface area contributed by atoms with Gasteiger partial charge in [0.05, 0.1) is 6.26 Å². The van der Waals surface area contributed by atoms with Crippen molar-refractivity contribution in [3.63, 3.8) is 0 Å². The molecule has 1 aromatic carbocycles. The molecule has 0 bridgehead atoms. The van der Waals surface area contributed by atoms with E-state index in [0.29, 0.717) is 24.4 Å². The average Bonchev–Trinajstić information content (AvgIpc) is 3.52. The Hall–Kier alpha value is -3.07. The third-order valence-electron chi connectivity index (χ3n) is 5.16. The van der Waals surface area contributed by atoms with E-state index in [-0.39, 0.29) is 24.3 Å². The fourth-order valence-corrected chi connectivity index (χ4v) is 5.49. The van der Waals surface area contributed by atoms with Crippen LogP contribution in [0.2, 0.25) is 0 Å². The number of hydrogen-bond donors (Lipinski definition) is 0. The molecule has 2 aromatic heterocycles. The Morgan fingerprint density at radius 1 is 1.24 bits per heavy atom. The van der Waals surface area contributed by atoms with Crippen molar-refractivity contribution < 1.29 is 23.2 Å². The Bertz CT molecular complexity index is 1040. The summed E-state index contributed by atoms with van der Waals surface area (Å²) in [6, 6.07) is 12.6. The van der Waals surface area contributed by atoms with Crippen LogP contribution in [-0.2, 0) is 25.8 Å². The van der Waals surface area contributed by atoms with E-state index < -0.39 is 16.9 Å². The van der Waals surface area contributed by atoms with Crippen molar-refractivity contribution in [3.05, 3.63) is 60.2 Å². The Balaban J connectivity index is 1.30. The van der Waals surface area contributed by atoms with Gasteiger partial charge in [0, 0.05) is 12.2 Å². The van der Waals surface area contributed by atoms with Crippen LogP contribution >= 0.6 is 11.8 Å². The monoisotopic (exact) mass is 411 g/mol. The molecule has 0 aliphatic carbocycles. The molecule has 5 rings (SSSR count). The summed E-state index contributed by atoms with van der Waals surface area (Å²) >= 11 is 1.62. The van der Waals surface area contributed by atoms with Crippen molar-refractivity contribution in [2.45, 2.75) is 30.4 Å². The lowest BCUT2D eigenvalue weighted by Crippen LogP contribution is -2.46. The molecule has 0 spiro atoms. The topological polar surface area (TPSA) is 98.7 Å². The summed E-state index contributed by atoms with van der Waals surface area (Å²) in [7, 11) is 0. The highest BCUT2D eigenvalue weighted by atomic mass is 32.2. The fraction of sp³-hybridized carbons (Fsp3) is 0.300. The first-order valence-corrected chi connectivity index (χ1v) is 10.2. The number of fused-ring (bicyclic) bond motifs is 1. The number of amides is 1. The second-order valence-electron chi connectivity index (χ2n) is 6.83. The molecule has 2 aliphatic rings. The van der Waals surface area contributed by atoms with E-state index >= 15 is 0 Å². The number of ether oxygens (including phenoxy) is 1. The number of esters is 1. The van der Waals surface area contributed by atoms with Crippen LogP contribution in [0.5, 0.6) is 0 Å². The molecule has 29 heavy (non-hydrogen) atoms. The molecule has 148 valence electrons. The molecule has 1 amide bonds. The van der Waals surface area contributed by atoms with E-state index in [1.807, 2.05) is 30.3 Å². The lowest BCUT2D eigenvalue weighted by atomic mass is 10.0. The first kappa shape index (κ1) is 18.0. The predicted molar refractivity (Wildman–Crippen MR) is 102 cm³/mol. The van der Waals surface area contributed by atoms with Gasteiger partial charge < -0.3 is 18.5 Å². The number of aromatic nitrogens is 2. The van der Waals surface area contributed by atoms with E-state index in [1.165, 1.54) is 6.26 Å². The SMILES string of the molecule is O=C(OCc1nnc(-c2ccco2)o1)[C@H]1CS[C@]2(c3ccccc3)CCC(=O)N12. The van der Waals surface area contributed by atoms with Gasteiger partial charge in [0.1, 0.15) is 10.9 Å². The lowest BCUT2D eigenvalue weighted by Gasteiger charge is -2.33. The molecule has 2 atom stereocenters. The van der Waals surface area contributed by atoms with E-state index in [4.69, 9.17) is 13.6 Å². The van der Waals surface area contributed by atoms with Crippen LogP contribution in [-0.4, -0.2) is 38.8 Å². The number of carbonyl (C=O) groups is 2. The summed E-state index contributed by atoms with van der Waals surface area (Å²) in [4.78, 5) is 26.6. The number of hydrogen-bond acceptors (Lipinski definition) is 8. The van der Waals surface area contributed by atoms with E-state index in [2.05, 4.69) is 10.2 Å². The smallest absolute Gasteiger partial charge is 0.330 e. The predicted octanol–water partition coefficient (Wildman–Crippen LogP) is 2.96. The van der Waals surface area contributed by atoms with E-state index in [1.54, 1.807) is 28.8 Å². The van der Waals surface area contributed by atoms with Crippen molar-refractivity contribution in [2.24, 2.45) is 0 Å². The van der Waals surface area contributed by atoms with Crippen LogP contribution in [0.3, 0.4) is 0 Å². The zero-order chi connectivity index (χ0) is 19.8. The van der Waals surface area contributed by atoms with Crippen molar-refractivity contribution in [1.82, 2.24) is 15.1 Å². The second-order valence-corrected chi connectivity index (χ2v) is 8.12. The molecular formula is C20H17N3O5S. The van der Waals surface area contributed by atoms with Crippen molar-refractivity contribution >= 4 is 23.6 Å². The van der Waals surface area contributed by atoms with Gasteiger partial charge in [-0.25, -0.2) is 4.79 Å². The van der Waals surface area contributed by atoms with Crippen LogP contribution in [0.15, 0.2) is 57.6 Å². The quantitative estimate of drug-likeness (QED) is 0.591. The van der Waals surface area contributed by atoms with Gasteiger partial charge in [0.2, 0.25) is 5.91 Å². The Morgan fingerprint density at radius 3 is 2.90 bits per heavy atom. The number of thioether (sulfide) groups is 1.